The van der Waals surface area contributed by atoms with Crippen molar-refractivity contribution >= 4 is 21.5 Å². The summed E-state index contributed by atoms with van der Waals surface area (Å²) < 4.78 is 24.0. The van der Waals surface area contributed by atoms with Gasteiger partial charge in [0.25, 0.3) is 0 Å². The molecule has 0 atom stereocenters. The van der Waals surface area contributed by atoms with E-state index in [9.17, 15) is 8.42 Å². The van der Waals surface area contributed by atoms with Gasteiger partial charge in [-0.3, -0.25) is 0 Å². The number of nitrogens with zero attached hydrogens (tertiary/aromatic N) is 4. The van der Waals surface area contributed by atoms with E-state index in [1.54, 1.807) is 6.33 Å². The Hall–Kier alpha value is -1.37. The molecule has 0 spiro atoms. The van der Waals surface area contributed by atoms with E-state index >= 15 is 0 Å². The number of hydrogen-bond acceptors (Lipinski definition) is 6. The molecule has 23 heavy (non-hydrogen) atoms. The first-order valence-corrected chi connectivity index (χ1v) is 10.1. The molecule has 7 heteroatoms. The van der Waals surface area contributed by atoms with Gasteiger partial charge < -0.3 is 9.80 Å². The lowest BCUT2D eigenvalue weighted by Crippen LogP contribution is -2.33. The van der Waals surface area contributed by atoms with Crippen molar-refractivity contribution in [1.29, 1.82) is 0 Å². The summed E-state index contributed by atoms with van der Waals surface area (Å²) in [6.45, 7) is 6.94. The van der Waals surface area contributed by atoms with E-state index in [0.717, 1.165) is 24.7 Å². The van der Waals surface area contributed by atoms with Gasteiger partial charge in [-0.25, -0.2) is 18.4 Å². The Balaban J connectivity index is 1.79. The molecule has 0 bridgehead atoms. The van der Waals surface area contributed by atoms with E-state index in [4.69, 9.17) is 0 Å². The first-order valence-electron chi connectivity index (χ1n) is 8.43. The fourth-order valence-electron chi connectivity index (χ4n) is 3.21. The lowest BCUT2D eigenvalue weighted by atomic mass is 10.1. The largest absolute Gasteiger partial charge is 0.356 e. The minimum Gasteiger partial charge on any atom is -0.356 e. The average Bonchev–Trinajstić information content (AvgIpc) is 2.65. The van der Waals surface area contributed by atoms with Gasteiger partial charge in [0.15, 0.2) is 9.84 Å². The summed E-state index contributed by atoms with van der Waals surface area (Å²) in [6, 6.07) is 2.01. The van der Waals surface area contributed by atoms with Crippen LogP contribution in [0, 0.1) is 0 Å². The van der Waals surface area contributed by atoms with Crippen molar-refractivity contribution in [2.45, 2.75) is 44.3 Å². The van der Waals surface area contributed by atoms with Crippen molar-refractivity contribution in [1.82, 2.24) is 9.97 Å². The summed E-state index contributed by atoms with van der Waals surface area (Å²) in [6.07, 6.45) is 5.92. The number of sulfone groups is 1. The van der Waals surface area contributed by atoms with E-state index < -0.39 is 14.6 Å². The van der Waals surface area contributed by atoms with Crippen molar-refractivity contribution in [3.8, 4) is 0 Å². The van der Waals surface area contributed by atoms with Crippen molar-refractivity contribution in [3.05, 3.63) is 12.4 Å². The van der Waals surface area contributed by atoms with Crippen LogP contribution in [0.4, 0.5) is 11.6 Å². The lowest BCUT2D eigenvalue weighted by molar-refractivity contribution is 0.538. The van der Waals surface area contributed by atoms with Crippen LogP contribution in [0.1, 0.15) is 39.5 Å². The molecule has 0 unspecified atom stereocenters. The Morgan fingerprint density at radius 2 is 1.57 bits per heavy atom. The molecule has 128 valence electrons. The van der Waals surface area contributed by atoms with Gasteiger partial charge >= 0.3 is 0 Å². The molecule has 3 heterocycles. The Labute approximate surface area is 138 Å². The highest BCUT2D eigenvalue weighted by Gasteiger charge is 2.37. The molecule has 6 nitrogen and oxygen atoms in total. The Morgan fingerprint density at radius 3 is 2.22 bits per heavy atom. The fourth-order valence-corrected chi connectivity index (χ4v) is 4.63. The van der Waals surface area contributed by atoms with E-state index in [2.05, 4.69) is 19.8 Å². The Bertz CT molecular complexity index is 654. The predicted octanol–water partition coefficient (Wildman–Crippen LogP) is 1.87. The number of hydrogen-bond donors (Lipinski definition) is 0. The first kappa shape index (κ1) is 16.5. The third kappa shape index (κ3) is 3.44. The van der Waals surface area contributed by atoms with E-state index in [1.807, 2.05) is 19.9 Å². The molecule has 2 aliphatic heterocycles. The van der Waals surface area contributed by atoms with Gasteiger partial charge in [-0.05, 0) is 39.5 Å². The summed E-state index contributed by atoms with van der Waals surface area (Å²) in [5.74, 6) is 1.98. The van der Waals surface area contributed by atoms with Gasteiger partial charge in [0, 0.05) is 32.2 Å². The van der Waals surface area contributed by atoms with Crippen LogP contribution in [0.15, 0.2) is 12.4 Å². The molecule has 2 aliphatic rings. The van der Waals surface area contributed by atoms with Gasteiger partial charge in [-0.2, -0.15) is 0 Å². The highest BCUT2D eigenvalue weighted by atomic mass is 32.2. The smallest absolute Gasteiger partial charge is 0.157 e. The van der Waals surface area contributed by atoms with Gasteiger partial charge in [-0.1, -0.05) is 0 Å². The van der Waals surface area contributed by atoms with Crippen LogP contribution in [0.2, 0.25) is 0 Å². The van der Waals surface area contributed by atoms with E-state index in [0.29, 0.717) is 19.5 Å². The predicted molar refractivity (Wildman–Crippen MR) is 92.8 cm³/mol. The topological polar surface area (TPSA) is 66.4 Å². The van der Waals surface area contributed by atoms with Gasteiger partial charge in [-0.15, -0.1) is 0 Å². The zero-order valence-corrected chi connectivity index (χ0v) is 14.8. The molecule has 2 saturated heterocycles. The third-order valence-electron chi connectivity index (χ3n) is 5.10. The molecule has 1 aromatic heterocycles. The van der Waals surface area contributed by atoms with Crippen LogP contribution in [-0.2, 0) is 9.84 Å². The van der Waals surface area contributed by atoms with Crippen LogP contribution in [0.3, 0.4) is 0 Å². The monoisotopic (exact) mass is 338 g/mol. The summed E-state index contributed by atoms with van der Waals surface area (Å²) >= 11 is 0. The molecule has 3 rings (SSSR count). The minimum atomic E-state index is -3.06. The molecule has 1 aromatic rings. The van der Waals surface area contributed by atoms with Gasteiger partial charge in [0.2, 0.25) is 0 Å². The van der Waals surface area contributed by atoms with Crippen LogP contribution >= 0.6 is 0 Å². The quantitative estimate of drug-likeness (QED) is 0.820. The van der Waals surface area contributed by atoms with Crippen LogP contribution < -0.4 is 9.80 Å². The molecule has 0 radical (unpaired) electrons. The van der Waals surface area contributed by atoms with Crippen molar-refractivity contribution in [3.63, 3.8) is 0 Å². The molecular formula is C16H26N4O2S. The first-order chi connectivity index (χ1) is 10.9. The van der Waals surface area contributed by atoms with Crippen molar-refractivity contribution in [2.24, 2.45) is 0 Å². The van der Waals surface area contributed by atoms with Crippen molar-refractivity contribution in [2.75, 3.05) is 41.7 Å². The molecule has 2 fully saturated rings. The fraction of sp³-hybridized carbons (Fsp3) is 0.750. The molecule has 0 amide bonds. The second kappa shape index (κ2) is 6.26. The SMILES string of the molecule is CC1(C)CCN(c2cc(N3CCCCC3)ncn2)CCS1(=O)=O. The maximum atomic E-state index is 12.3. The second-order valence-electron chi connectivity index (χ2n) is 7.10. The van der Waals surface area contributed by atoms with Gasteiger partial charge in [0.05, 0.1) is 10.5 Å². The number of anilines is 2. The lowest BCUT2D eigenvalue weighted by Gasteiger charge is -2.29. The van der Waals surface area contributed by atoms with E-state index in [-0.39, 0.29) is 5.75 Å². The van der Waals surface area contributed by atoms with Gasteiger partial charge in [0.1, 0.15) is 18.0 Å². The van der Waals surface area contributed by atoms with E-state index in [1.165, 1.54) is 19.3 Å². The normalized spacial score (nSPS) is 24.3. The van der Waals surface area contributed by atoms with Crippen LogP contribution in [-0.4, -0.2) is 55.1 Å². The summed E-state index contributed by atoms with van der Waals surface area (Å²) in [5.41, 5.74) is 0. The zero-order valence-electron chi connectivity index (χ0n) is 14.0. The number of aromatic nitrogens is 2. The summed E-state index contributed by atoms with van der Waals surface area (Å²) in [5, 5.41) is 0. The molecular weight excluding hydrogens is 312 g/mol. The summed E-state index contributed by atoms with van der Waals surface area (Å²) in [7, 11) is -3.06. The molecule has 0 aliphatic carbocycles. The Morgan fingerprint density at radius 1 is 0.957 bits per heavy atom. The van der Waals surface area contributed by atoms with Crippen LogP contribution in [0.25, 0.3) is 0 Å². The summed E-state index contributed by atoms with van der Waals surface area (Å²) in [4.78, 5) is 13.2. The maximum Gasteiger partial charge on any atom is 0.157 e. The number of rotatable bonds is 2. The third-order valence-corrected chi connectivity index (χ3v) is 7.71. The zero-order chi connectivity index (χ0) is 16.5. The molecule has 0 N–H and O–H groups in total. The molecule has 0 aromatic carbocycles. The standard InChI is InChI=1S/C16H26N4O2S/c1-16(2)6-9-20(10-11-23(16,21)22)15-12-14(17-13-18-15)19-7-4-3-5-8-19/h12-13H,3-11H2,1-2H3. The van der Waals surface area contributed by atoms with Crippen molar-refractivity contribution < 1.29 is 8.42 Å². The number of piperidine rings is 1. The average molecular weight is 338 g/mol. The highest BCUT2D eigenvalue weighted by molar-refractivity contribution is 7.92. The minimum absolute atomic E-state index is 0.184. The Kier molecular flexibility index (Phi) is 4.49. The maximum absolute atomic E-state index is 12.3. The highest BCUT2D eigenvalue weighted by Crippen LogP contribution is 2.28. The van der Waals surface area contributed by atoms with Crippen LogP contribution in [0.5, 0.6) is 0 Å². The second-order valence-corrected chi connectivity index (χ2v) is 9.84. The molecule has 0 saturated carbocycles.